The van der Waals surface area contributed by atoms with Crippen LogP contribution in [0.5, 0.6) is 0 Å². The molecule has 7 nitrogen and oxygen atoms in total. The number of hydrogen-bond acceptors (Lipinski definition) is 5. The van der Waals surface area contributed by atoms with Gasteiger partial charge in [0.15, 0.2) is 0 Å². The molecular weight excluding hydrogens is 532 g/mol. The molecule has 0 bridgehead atoms. The minimum Gasteiger partial charge on any atom is -0.399 e. The van der Waals surface area contributed by atoms with E-state index in [0.29, 0.717) is 30.6 Å². The first-order chi connectivity index (χ1) is 20.0. The summed E-state index contributed by atoms with van der Waals surface area (Å²) in [5.74, 6) is -0.706. The van der Waals surface area contributed by atoms with Gasteiger partial charge in [-0.05, 0) is 75.3 Å². The van der Waals surface area contributed by atoms with Crippen molar-refractivity contribution in [2.24, 2.45) is 0 Å². The molecule has 4 aromatic rings. The van der Waals surface area contributed by atoms with E-state index in [2.05, 4.69) is 22.3 Å². The van der Waals surface area contributed by atoms with E-state index in [9.17, 15) is 9.59 Å². The third kappa shape index (κ3) is 5.27. The number of H-pyrrole nitrogens is 1. The van der Waals surface area contributed by atoms with Gasteiger partial charge in [0, 0.05) is 30.8 Å². The number of rotatable bonds is 5. The van der Waals surface area contributed by atoms with Gasteiger partial charge in [-0.1, -0.05) is 48.5 Å². The second-order valence-electron chi connectivity index (χ2n) is 12.4. The van der Waals surface area contributed by atoms with Crippen LogP contribution in [0.2, 0.25) is 0 Å². The SMILES string of the molecule is CC1(C)OB(c2ccc(C3CCCN(C(=O)c4cc(Cc5n[nH]c(=O)c6ccccc56)ccc4F)C3)cc2)OC1(C)C. The Morgan fingerprint density at radius 2 is 1.71 bits per heavy atom. The number of nitrogens with zero attached hydrogens (tertiary/aromatic N) is 2. The van der Waals surface area contributed by atoms with E-state index in [1.807, 2.05) is 52.0 Å². The van der Waals surface area contributed by atoms with Crippen molar-refractivity contribution in [2.75, 3.05) is 13.1 Å². The monoisotopic (exact) mass is 567 g/mol. The quantitative estimate of drug-likeness (QED) is 0.345. The van der Waals surface area contributed by atoms with E-state index < -0.39 is 24.1 Å². The Bertz CT molecular complexity index is 1690. The highest BCUT2D eigenvalue weighted by Gasteiger charge is 2.51. The summed E-state index contributed by atoms with van der Waals surface area (Å²) in [6.45, 7) is 9.25. The molecule has 0 saturated carbocycles. The summed E-state index contributed by atoms with van der Waals surface area (Å²) in [6.07, 6.45) is 2.15. The summed E-state index contributed by atoms with van der Waals surface area (Å²) >= 11 is 0. The van der Waals surface area contributed by atoms with E-state index in [1.165, 1.54) is 6.07 Å². The Morgan fingerprint density at radius 1 is 1.02 bits per heavy atom. The number of aromatic amines is 1. The van der Waals surface area contributed by atoms with E-state index in [-0.39, 0.29) is 22.9 Å². The van der Waals surface area contributed by atoms with Gasteiger partial charge in [0.25, 0.3) is 11.5 Å². The molecule has 1 amide bonds. The van der Waals surface area contributed by atoms with Gasteiger partial charge >= 0.3 is 7.12 Å². The number of halogens is 1. The lowest BCUT2D eigenvalue weighted by molar-refractivity contribution is 0.00578. The summed E-state index contributed by atoms with van der Waals surface area (Å²) in [4.78, 5) is 27.5. The van der Waals surface area contributed by atoms with E-state index >= 15 is 4.39 Å². The standard InChI is InChI=1S/C33H35BFN3O4/c1-32(2)33(3,4)42-34(41-32)24-14-12-22(13-15-24)23-8-7-17-38(20-23)31(40)27-18-21(11-16-28(27)35)19-29-25-9-5-6-10-26(25)30(39)37-36-29/h5-6,9-16,18,23H,7-8,17,19-20H2,1-4H3,(H,37,39). The Kier molecular flexibility index (Phi) is 7.27. The maximum atomic E-state index is 15.0. The van der Waals surface area contributed by atoms with Crippen molar-refractivity contribution in [1.82, 2.24) is 15.1 Å². The molecule has 1 unspecified atom stereocenters. The molecule has 0 aliphatic carbocycles. The molecule has 1 atom stereocenters. The van der Waals surface area contributed by atoms with Crippen LogP contribution < -0.4 is 11.0 Å². The fourth-order valence-corrected chi connectivity index (χ4v) is 5.85. The number of hydrogen-bond donors (Lipinski definition) is 1. The van der Waals surface area contributed by atoms with E-state index in [0.717, 1.165) is 34.8 Å². The number of aromatic nitrogens is 2. The largest absolute Gasteiger partial charge is 0.494 e. The van der Waals surface area contributed by atoms with Gasteiger partial charge in [-0.25, -0.2) is 9.49 Å². The van der Waals surface area contributed by atoms with E-state index in [4.69, 9.17) is 9.31 Å². The van der Waals surface area contributed by atoms with Crippen LogP contribution in [0, 0.1) is 5.82 Å². The highest BCUT2D eigenvalue weighted by molar-refractivity contribution is 6.62. The highest BCUT2D eigenvalue weighted by Crippen LogP contribution is 2.36. The number of benzene rings is 3. The minimum absolute atomic E-state index is 0.0537. The van der Waals surface area contributed by atoms with Crippen molar-refractivity contribution < 1.29 is 18.5 Å². The number of nitrogens with one attached hydrogen (secondary N) is 1. The topological polar surface area (TPSA) is 84.5 Å². The molecule has 9 heteroatoms. The first-order valence-electron chi connectivity index (χ1n) is 14.5. The lowest BCUT2D eigenvalue weighted by atomic mass is 9.78. The molecule has 216 valence electrons. The van der Waals surface area contributed by atoms with Gasteiger partial charge in [-0.15, -0.1) is 0 Å². The van der Waals surface area contributed by atoms with Gasteiger partial charge in [0.2, 0.25) is 0 Å². The zero-order valence-electron chi connectivity index (χ0n) is 24.4. The Labute approximate surface area is 245 Å². The average Bonchev–Trinajstić information content (AvgIpc) is 3.21. The lowest BCUT2D eigenvalue weighted by Gasteiger charge is -2.33. The van der Waals surface area contributed by atoms with Crippen molar-refractivity contribution in [1.29, 1.82) is 0 Å². The second-order valence-corrected chi connectivity index (χ2v) is 12.4. The summed E-state index contributed by atoms with van der Waals surface area (Å²) in [5, 5.41) is 8.06. The van der Waals surface area contributed by atoms with Crippen LogP contribution >= 0.6 is 0 Å². The molecule has 2 saturated heterocycles. The number of carbonyl (C=O) groups is 1. The predicted octanol–water partition coefficient (Wildman–Crippen LogP) is 4.97. The van der Waals surface area contributed by atoms with Crippen molar-refractivity contribution >= 4 is 29.3 Å². The van der Waals surface area contributed by atoms with Crippen LogP contribution in [0.15, 0.2) is 71.5 Å². The Hall–Kier alpha value is -3.82. The van der Waals surface area contributed by atoms with Crippen molar-refractivity contribution in [2.45, 2.75) is 64.1 Å². The summed E-state index contributed by atoms with van der Waals surface area (Å²) in [6, 6.07) is 20.1. The molecule has 1 N–H and O–H groups in total. The molecule has 2 aliphatic rings. The van der Waals surface area contributed by atoms with Gasteiger partial charge in [0.1, 0.15) is 5.82 Å². The van der Waals surface area contributed by atoms with Crippen LogP contribution in [-0.4, -0.2) is 52.4 Å². The highest BCUT2D eigenvalue weighted by atomic mass is 19.1. The maximum Gasteiger partial charge on any atom is 0.494 e. The number of amides is 1. The fourth-order valence-electron chi connectivity index (χ4n) is 5.85. The zero-order chi connectivity index (χ0) is 29.6. The molecule has 6 rings (SSSR count). The lowest BCUT2D eigenvalue weighted by Crippen LogP contribution is -2.41. The molecule has 3 heterocycles. The average molecular weight is 567 g/mol. The van der Waals surface area contributed by atoms with Crippen molar-refractivity contribution in [3.05, 3.63) is 105 Å². The maximum absolute atomic E-state index is 15.0. The zero-order valence-corrected chi connectivity index (χ0v) is 24.4. The summed E-state index contributed by atoms with van der Waals surface area (Å²) in [5.41, 5.74) is 2.50. The predicted molar refractivity (Wildman–Crippen MR) is 162 cm³/mol. The molecule has 3 aromatic carbocycles. The van der Waals surface area contributed by atoms with Crippen molar-refractivity contribution in [3.8, 4) is 0 Å². The number of fused-ring (bicyclic) bond motifs is 1. The van der Waals surface area contributed by atoms with E-state index in [1.54, 1.807) is 29.2 Å². The number of likely N-dealkylation sites (tertiary alicyclic amines) is 1. The minimum atomic E-state index is -0.545. The van der Waals surface area contributed by atoms with Crippen molar-refractivity contribution in [3.63, 3.8) is 0 Å². The number of piperidine rings is 1. The first-order valence-corrected chi connectivity index (χ1v) is 14.5. The van der Waals surface area contributed by atoms with Crippen LogP contribution in [0.1, 0.15) is 73.6 Å². The number of carbonyl (C=O) groups excluding carboxylic acids is 1. The Morgan fingerprint density at radius 3 is 2.43 bits per heavy atom. The molecule has 42 heavy (non-hydrogen) atoms. The normalized spacial score (nSPS) is 19.8. The van der Waals surface area contributed by atoms with Gasteiger partial charge in [-0.2, -0.15) is 5.10 Å². The van der Waals surface area contributed by atoms with Crippen LogP contribution in [0.25, 0.3) is 10.8 Å². The molecule has 1 aromatic heterocycles. The van der Waals surface area contributed by atoms with Gasteiger partial charge < -0.3 is 14.2 Å². The summed E-state index contributed by atoms with van der Waals surface area (Å²) < 4.78 is 27.4. The first kappa shape index (κ1) is 28.3. The molecule has 0 radical (unpaired) electrons. The second kappa shape index (κ2) is 10.8. The van der Waals surface area contributed by atoms with Crippen LogP contribution in [-0.2, 0) is 15.7 Å². The van der Waals surface area contributed by atoms with Crippen LogP contribution in [0.3, 0.4) is 0 Å². The van der Waals surface area contributed by atoms with Crippen LogP contribution in [0.4, 0.5) is 4.39 Å². The third-order valence-corrected chi connectivity index (χ3v) is 9.05. The third-order valence-electron chi connectivity index (χ3n) is 9.05. The molecule has 2 aliphatic heterocycles. The molecule has 0 spiro atoms. The Balaban J connectivity index is 1.17. The fraction of sp³-hybridized carbons (Fsp3) is 0.364. The molecule has 2 fully saturated rings. The summed E-state index contributed by atoms with van der Waals surface area (Å²) in [7, 11) is -0.423. The van der Waals surface area contributed by atoms with Gasteiger partial charge in [-0.3, -0.25) is 9.59 Å². The van der Waals surface area contributed by atoms with Gasteiger partial charge in [0.05, 0.1) is 27.8 Å². The smallest absolute Gasteiger partial charge is 0.399 e. The molecular formula is C33H35BFN3O4.